The number of nitrogens with one attached hydrogen (secondary N) is 1. The Morgan fingerprint density at radius 3 is 2.60 bits per heavy atom. The molecule has 25 heavy (non-hydrogen) atoms. The molecule has 4 rings (SSSR count). The van der Waals surface area contributed by atoms with Crippen LogP contribution >= 0.6 is 11.6 Å². The van der Waals surface area contributed by atoms with Gasteiger partial charge in [0.05, 0.1) is 11.3 Å². The Balaban J connectivity index is 1.92. The van der Waals surface area contributed by atoms with Gasteiger partial charge in [-0.15, -0.1) is 0 Å². The molecule has 0 unspecified atom stereocenters. The number of nitriles is 1. The van der Waals surface area contributed by atoms with Crippen molar-refractivity contribution in [1.82, 2.24) is 19.4 Å². The number of anilines is 2. The van der Waals surface area contributed by atoms with E-state index < -0.39 is 0 Å². The Morgan fingerprint density at radius 2 is 1.88 bits per heavy atom. The second kappa shape index (κ2) is 5.72. The largest absolute Gasteiger partial charge is 0.324 e. The number of hydrogen-bond acceptors (Lipinski definition) is 5. The zero-order valence-corrected chi connectivity index (χ0v) is 14.3. The molecule has 0 aliphatic heterocycles. The van der Waals surface area contributed by atoms with E-state index in [-0.39, 0.29) is 0 Å². The number of fused-ring (bicyclic) bond motifs is 3. The number of aryl methyl sites for hydroxylation is 2. The number of rotatable bonds is 2. The van der Waals surface area contributed by atoms with E-state index in [9.17, 15) is 5.26 Å². The molecule has 7 heteroatoms. The van der Waals surface area contributed by atoms with Gasteiger partial charge < -0.3 is 5.32 Å². The lowest BCUT2D eigenvalue weighted by molar-refractivity contribution is 1.12. The van der Waals surface area contributed by atoms with E-state index >= 15 is 0 Å². The van der Waals surface area contributed by atoms with Crippen LogP contribution in [0.15, 0.2) is 36.7 Å². The van der Waals surface area contributed by atoms with Crippen LogP contribution in [-0.4, -0.2) is 19.4 Å². The number of hydrogen-bond donors (Lipinski definition) is 1. The minimum atomic E-state index is 0.464. The molecular weight excluding hydrogens is 336 g/mol. The molecule has 3 aromatic heterocycles. The fraction of sp³-hybridized carbons (Fsp3) is 0.111. The molecule has 0 atom stereocenters. The van der Waals surface area contributed by atoms with Crippen molar-refractivity contribution >= 4 is 39.9 Å². The normalized spacial score (nSPS) is 11.0. The molecule has 3 heterocycles. The summed E-state index contributed by atoms with van der Waals surface area (Å²) in [5.41, 5.74) is 4.36. The van der Waals surface area contributed by atoms with Crippen molar-refractivity contribution in [2.45, 2.75) is 13.8 Å². The molecule has 6 nitrogen and oxygen atoms in total. The van der Waals surface area contributed by atoms with Crippen molar-refractivity contribution in [2.75, 3.05) is 5.32 Å². The summed E-state index contributed by atoms with van der Waals surface area (Å²) in [6.07, 6.45) is 3.60. The summed E-state index contributed by atoms with van der Waals surface area (Å²) in [4.78, 5) is 13.5. The first kappa shape index (κ1) is 15.4. The van der Waals surface area contributed by atoms with Crippen LogP contribution < -0.4 is 5.32 Å². The summed E-state index contributed by atoms with van der Waals surface area (Å²) in [5, 5.41) is 14.1. The summed E-state index contributed by atoms with van der Waals surface area (Å²) in [5.74, 6) is 0.464. The molecule has 122 valence electrons. The standard InChI is InChI=1S/C18H13ClN6/c1-10-9-25-16(22-10)14(7-20)11(2)15-8-21-18(24-17(15)25)23-13-5-3-12(19)4-6-13/h3-6,8-9H,1-2H3,(H,21,23,24). The molecule has 0 saturated heterocycles. The molecule has 1 N–H and O–H groups in total. The second-order valence-corrected chi connectivity index (χ2v) is 6.19. The van der Waals surface area contributed by atoms with E-state index in [0.29, 0.717) is 27.8 Å². The summed E-state index contributed by atoms with van der Waals surface area (Å²) in [6, 6.07) is 9.55. The van der Waals surface area contributed by atoms with E-state index in [2.05, 4.69) is 26.3 Å². The first-order valence-corrected chi connectivity index (χ1v) is 8.02. The van der Waals surface area contributed by atoms with Gasteiger partial charge in [0.25, 0.3) is 0 Å². The summed E-state index contributed by atoms with van der Waals surface area (Å²) in [7, 11) is 0. The average molecular weight is 349 g/mol. The van der Waals surface area contributed by atoms with Gasteiger partial charge in [0, 0.05) is 28.5 Å². The van der Waals surface area contributed by atoms with E-state index in [1.807, 2.05) is 36.6 Å². The Hall–Kier alpha value is -3.17. The highest BCUT2D eigenvalue weighted by atomic mass is 35.5. The molecular formula is C18H13ClN6. The minimum absolute atomic E-state index is 0.464. The van der Waals surface area contributed by atoms with Gasteiger partial charge >= 0.3 is 0 Å². The third-order valence-corrected chi connectivity index (χ3v) is 4.29. The van der Waals surface area contributed by atoms with Crippen molar-refractivity contribution in [3.8, 4) is 6.07 Å². The highest BCUT2D eigenvalue weighted by Gasteiger charge is 2.15. The Bertz CT molecular complexity index is 1150. The SMILES string of the molecule is Cc1cn2c(n1)c(C#N)c(C)c1cnc(Nc3ccc(Cl)cc3)nc12. The quantitative estimate of drug-likeness (QED) is 0.588. The average Bonchev–Trinajstić information content (AvgIpc) is 2.99. The molecule has 0 aliphatic carbocycles. The number of benzene rings is 1. The van der Waals surface area contributed by atoms with E-state index in [1.54, 1.807) is 18.3 Å². The van der Waals surface area contributed by atoms with E-state index in [1.165, 1.54) is 0 Å². The fourth-order valence-electron chi connectivity index (χ4n) is 2.82. The number of halogens is 1. The lowest BCUT2D eigenvalue weighted by Gasteiger charge is -2.10. The smallest absolute Gasteiger partial charge is 0.229 e. The molecule has 0 bridgehead atoms. The predicted octanol–water partition coefficient (Wildman–Crippen LogP) is 4.16. The lowest BCUT2D eigenvalue weighted by Crippen LogP contribution is -2.02. The molecule has 0 radical (unpaired) electrons. The first-order chi connectivity index (χ1) is 12.1. The van der Waals surface area contributed by atoms with Crippen molar-refractivity contribution in [1.29, 1.82) is 5.26 Å². The minimum Gasteiger partial charge on any atom is -0.324 e. The topological polar surface area (TPSA) is 78.9 Å². The van der Waals surface area contributed by atoms with Crippen molar-refractivity contribution in [3.63, 3.8) is 0 Å². The van der Waals surface area contributed by atoms with Gasteiger partial charge in [0.1, 0.15) is 6.07 Å². The van der Waals surface area contributed by atoms with E-state index in [4.69, 9.17) is 11.6 Å². The molecule has 1 aromatic carbocycles. The number of imidazole rings is 1. The number of nitrogens with zero attached hydrogens (tertiary/aromatic N) is 5. The van der Waals surface area contributed by atoms with Crippen molar-refractivity contribution in [2.24, 2.45) is 0 Å². The molecule has 0 saturated carbocycles. The van der Waals surface area contributed by atoms with Crippen molar-refractivity contribution in [3.05, 3.63) is 58.5 Å². The highest BCUT2D eigenvalue weighted by molar-refractivity contribution is 6.30. The zero-order valence-electron chi connectivity index (χ0n) is 13.6. The maximum Gasteiger partial charge on any atom is 0.229 e. The molecule has 0 aliphatic rings. The summed E-state index contributed by atoms with van der Waals surface area (Å²) in [6.45, 7) is 3.78. The van der Waals surface area contributed by atoms with Crippen LogP contribution in [0.3, 0.4) is 0 Å². The summed E-state index contributed by atoms with van der Waals surface area (Å²) < 4.78 is 1.84. The molecule has 0 fully saturated rings. The van der Waals surface area contributed by atoms with Gasteiger partial charge in [-0.05, 0) is 43.7 Å². The molecule has 0 amide bonds. The maximum absolute atomic E-state index is 9.49. The Kier molecular flexibility index (Phi) is 3.52. The molecule has 0 spiro atoms. The van der Waals surface area contributed by atoms with Crippen LogP contribution in [0.25, 0.3) is 16.7 Å². The van der Waals surface area contributed by atoms with Gasteiger partial charge in [-0.2, -0.15) is 10.2 Å². The number of pyridine rings is 1. The van der Waals surface area contributed by atoms with Crippen LogP contribution in [0.5, 0.6) is 0 Å². The zero-order chi connectivity index (χ0) is 17.6. The van der Waals surface area contributed by atoms with Gasteiger partial charge in [-0.3, -0.25) is 4.40 Å². The van der Waals surface area contributed by atoms with Crippen molar-refractivity contribution < 1.29 is 0 Å². The van der Waals surface area contributed by atoms with Gasteiger partial charge in [0.2, 0.25) is 5.95 Å². The third kappa shape index (κ3) is 2.55. The second-order valence-electron chi connectivity index (χ2n) is 5.75. The van der Waals surface area contributed by atoms with Gasteiger partial charge in [-0.1, -0.05) is 11.6 Å². The van der Waals surface area contributed by atoms with Crippen LogP contribution in [0.2, 0.25) is 5.02 Å². The highest BCUT2D eigenvalue weighted by Crippen LogP contribution is 2.26. The van der Waals surface area contributed by atoms with Crippen LogP contribution in [0.1, 0.15) is 16.8 Å². The summed E-state index contributed by atoms with van der Waals surface area (Å²) >= 11 is 5.91. The van der Waals surface area contributed by atoms with Crippen LogP contribution in [-0.2, 0) is 0 Å². The fourth-order valence-corrected chi connectivity index (χ4v) is 2.94. The molecule has 4 aromatic rings. The third-order valence-electron chi connectivity index (χ3n) is 4.04. The monoisotopic (exact) mass is 348 g/mol. The van der Waals surface area contributed by atoms with Gasteiger partial charge in [-0.25, -0.2) is 9.97 Å². The first-order valence-electron chi connectivity index (χ1n) is 7.64. The van der Waals surface area contributed by atoms with Crippen LogP contribution in [0.4, 0.5) is 11.6 Å². The number of aromatic nitrogens is 4. The maximum atomic E-state index is 9.49. The Morgan fingerprint density at radius 1 is 1.12 bits per heavy atom. The Labute approximate surface area is 148 Å². The predicted molar refractivity (Wildman–Crippen MR) is 97.2 cm³/mol. The van der Waals surface area contributed by atoms with Crippen LogP contribution in [0, 0.1) is 25.2 Å². The van der Waals surface area contributed by atoms with Gasteiger partial charge in [0.15, 0.2) is 11.3 Å². The lowest BCUT2D eigenvalue weighted by atomic mass is 10.1. The van der Waals surface area contributed by atoms with E-state index in [0.717, 1.165) is 22.3 Å².